The van der Waals surface area contributed by atoms with Gasteiger partial charge in [-0.05, 0) is 37.3 Å². The molecule has 2 heterocycles. The summed E-state index contributed by atoms with van der Waals surface area (Å²) in [5, 5.41) is 3.09. The first-order valence-electron chi connectivity index (χ1n) is 8.86. The maximum atomic E-state index is 12.8. The summed E-state index contributed by atoms with van der Waals surface area (Å²) in [5.41, 5.74) is 0.0761. The van der Waals surface area contributed by atoms with Gasteiger partial charge >= 0.3 is 12.2 Å². The summed E-state index contributed by atoms with van der Waals surface area (Å²) in [7, 11) is 0. The SMILES string of the molecule is O=C(NC1CCN(Cc2cccc(C(F)(F)F)c2)CC1)N1CCCC1. The molecule has 0 aliphatic carbocycles. The zero-order chi connectivity index (χ0) is 17.9. The number of amides is 2. The fourth-order valence-corrected chi connectivity index (χ4v) is 3.53. The van der Waals surface area contributed by atoms with Crippen molar-refractivity contribution in [2.75, 3.05) is 26.2 Å². The predicted octanol–water partition coefficient (Wildman–Crippen LogP) is 3.48. The number of alkyl halides is 3. The Bertz CT molecular complexity index is 591. The quantitative estimate of drug-likeness (QED) is 0.901. The van der Waals surface area contributed by atoms with Gasteiger partial charge in [0, 0.05) is 38.8 Å². The molecule has 0 unspecified atom stereocenters. The molecule has 4 nitrogen and oxygen atoms in total. The fourth-order valence-electron chi connectivity index (χ4n) is 3.53. The number of rotatable bonds is 3. The van der Waals surface area contributed by atoms with Crippen LogP contribution in [0.1, 0.15) is 36.8 Å². The Balaban J connectivity index is 1.47. The molecule has 0 spiro atoms. The van der Waals surface area contributed by atoms with E-state index >= 15 is 0 Å². The minimum atomic E-state index is -4.30. The third kappa shape index (κ3) is 4.87. The molecule has 25 heavy (non-hydrogen) atoms. The third-order valence-corrected chi connectivity index (χ3v) is 4.97. The van der Waals surface area contributed by atoms with Gasteiger partial charge in [0.25, 0.3) is 0 Å². The van der Waals surface area contributed by atoms with Gasteiger partial charge in [-0.3, -0.25) is 4.90 Å². The van der Waals surface area contributed by atoms with Crippen LogP contribution >= 0.6 is 0 Å². The first-order valence-corrected chi connectivity index (χ1v) is 8.86. The van der Waals surface area contributed by atoms with Crippen molar-refractivity contribution in [3.8, 4) is 0 Å². The van der Waals surface area contributed by atoms with Crippen LogP contribution in [0, 0.1) is 0 Å². The molecule has 0 bridgehead atoms. The van der Waals surface area contributed by atoms with Gasteiger partial charge in [0.15, 0.2) is 0 Å². The van der Waals surface area contributed by atoms with Gasteiger partial charge in [-0.25, -0.2) is 4.79 Å². The second-order valence-corrected chi connectivity index (χ2v) is 6.89. The van der Waals surface area contributed by atoms with Crippen LogP contribution in [0.2, 0.25) is 0 Å². The topological polar surface area (TPSA) is 35.6 Å². The average Bonchev–Trinajstić information content (AvgIpc) is 3.11. The lowest BCUT2D eigenvalue weighted by atomic mass is 10.0. The van der Waals surface area contributed by atoms with Crippen molar-refractivity contribution in [2.45, 2.75) is 44.4 Å². The summed E-state index contributed by atoms with van der Waals surface area (Å²) in [4.78, 5) is 16.1. The zero-order valence-electron chi connectivity index (χ0n) is 14.2. The Morgan fingerprint density at radius 1 is 1.12 bits per heavy atom. The van der Waals surface area contributed by atoms with E-state index in [0.29, 0.717) is 12.1 Å². The number of hydrogen-bond acceptors (Lipinski definition) is 2. The molecule has 0 radical (unpaired) electrons. The van der Waals surface area contributed by atoms with Crippen molar-refractivity contribution < 1.29 is 18.0 Å². The number of hydrogen-bond donors (Lipinski definition) is 1. The number of piperidine rings is 1. The van der Waals surface area contributed by atoms with Crippen LogP contribution in [0.3, 0.4) is 0 Å². The average molecular weight is 355 g/mol. The molecule has 1 aromatic rings. The molecule has 2 aliphatic rings. The summed E-state index contributed by atoms with van der Waals surface area (Å²) < 4.78 is 38.4. The molecule has 0 aromatic heterocycles. The molecule has 1 N–H and O–H groups in total. The predicted molar refractivity (Wildman–Crippen MR) is 89.1 cm³/mol. The Morgan fingerprint density at radius 3 is 2.44 bits per heavy atom. The van der Waals surface area contributed by atoms with Gasteiger partial charge in [-0.2, -0.15) is 13.2 Å². The number of nitrogens with zero attached hydrogens (tertiary/aromatic N) is 2. The van der Waals surface area contributed by atoms with E-state index in [1.165, 1.54) is 12.1 Å². The van der Waals surface area contributed by atoms with E-state index in [2.05, 4.69) is 10.2 Å². The van der Waals surface area contributed by atoms with Crippen molar-refractivity contribution in [1.29, 1.82) is 0 Å². The molecule has 2 saturated heterocycles. The van der Waals surface area contributed by atoms with Gasteiger partial charge in [0.1, 0.15) is 0 Å². The number of carbonyl (C=O) groups is 1. The van der Waals surface area contributed by atoms with Crippen LogP contribution in [0.5, 0.6) is 0 Å². The van der Waals surface area contributed by atoms with E-state index in [4.69, 9.17) is 0 Å². The first-order chi connectivity index (χ1) is 11.9. The Morgan fingerprint density at radius 2 is 1.80 bits per heavy atom. The Kier molecular flexibility index (Phi) is 5.51. The lowest BCUT2D eigenvalue weighted by Crippen LogP contribution is -2.48. The molecule has 1 aromatic carbocycles. The highest BCUT2D eigenvalue weighted by Crippen LogP contribution is 2.30. The van der Waals surface area contributed by atoms with Gasteiger partial charge in [-0.1, -0.05) is 18.2 Å². The Hall–Kier alpha value is -1.76. The number of urea groups is 1. The van der Waals surface area contributed by atoms with Crippen molar-refractivity contribution in [3.05, 3.63) is 35.4 Å². The fraction of sp³-hybridized carbons (Fsp3) is 0.611. The number of likely N-dealkylation sites (tertiary alicyclic amines) is 2. The van der Waals surface area contributed by atoms with Gasteiger partial charge in [0.2, 0.25) is 0 Å². The summed E-state index contributed by atoms with van der Waals surface area (Å²) in [6.45, 7) is 3.74. The Labute approximate surface area is 146 Å². The molecule has 2 aliphatic heterocycles. The summed E-state index contributed by atoms with van der Waals surface area (Å²) in [6, 6.07) is 5.70. The first kappa shape index (κ1) is 18.0. The van der Waals surface area contributed by atoms with Crippen LogP contribution in [0.15, 0.2) is 24.3 Å². The highest BCUT2D eigenvalue weighted by molar-refractivity contribution is 5.74. The molecular formula is C18H24F3N3O. The van der Waals surface area contributed by atoms with Crippen molar-refractivity contribution in [2.24, 2.45) is 0 Å². The van der Waals surface area contributed by atoms with Crippen molar-refractivity contribution in [3.63, 3.8) is 0 Å². The lowest BCUT2D eigenvalue weighted by Gasteiger charge is -2.33. The van der Waals surface area contributed by atoms with Crippen molar-refractivity contribution >= 4 is 6.03 Å². The maximum absolute atomic E-state index is 12.8. The maximum Gasteiger partial charge on any atom is 0.416 e. The second-order valence-electron chi connectivity index (χ2n) is 6.89. The summed E-state index contributed by atoms with van der Waals surface area (Å²) in [6.07, 6.45) is -0.494. The largest absolute Gasteiger partial charge is 0.416 e. The van der Waals surface area contributed by atoms with Crippen molar-refractivity contribution in [1.82, 2.24) is 15.1 Å². The number of benzene rings is 1. The molecule has 138 valence electrons. The van der Waals surface area contributed by atoms with Gasteiger partial charge in [0.05, 0.1) is 5.56 Å². The smallest absolute Gasteiger partial charge is 0.335 e. The summed E-state index contributed by atoms with van der Waals surface area (Å²) in [5.74, 6) is 0. The highest BCUT2D eigenvalue weighted by Gasteiger charge is 2.30. The minimum absolute atomic E-state index is 0.0221. The van der Waals surface area contributed by atoms with E-state index in [-0.39, 0.29) is 12.1 Å². The molecular weight excluding hydrogens is 331 g/mol. The van der Waals surface area contributed by atoms with Gasteiger partial charge in [-0.15, -0.1) is 0 Å². The van der Waals surface area contributed by atoms with Crippen LogP contribution in [-0.4, -0.2) is 48.1 Å². The van der Waals surface area contributed by atoms with Crippen LogP contribution in [-0.2, 0) is 12.7 Å². The molecule has 0 saturated carbocycles. The normalized spacial score (nSPS) is 20.0. The van der Waals surface area contributed by atoms with Crippen LogP contribution < -0.4 is 5.32 Å². The van der Waals surface area contributed by atoms with E-state index < -0.39 is 11.7 Å². The second kappa shape index (κ2) is 7.64. The van der Waals surface area contributed by atoms with E-state index in [1.54, 1.807) is 6.07 Å². The lowest BCUT2D eigenvalue weighted by molar-refractivity contribution is -0.137. The number of carbonyl (C=O) groups excluding carboxylic acids is 1. The number of halogens is 3. The molecule has 0 atom stereocenters. The highest BCUT2D eigenvalue weighted by atomic mass is 19.4. The van der Waals surface area contributed by atoms with Gasteiger partial charge < -0.3 is 10.2 Å². The standard InChI is InChI=1S/C18H24F3N3O/c19-18(20,21)15-5-3-4-14(12-15)13-23-10-6-16(7-11-23)22-17(25)24-8-1-2-9-24/h3-5,12,16H,1-2,6-11,13H2,(H,22,25). The minimum Gasteiger partial charge on any atom is -0.335 e. The van der Waals surface area contributed by atoms with E-state index in [0.717, 1.165) is 57.9 Å². The number of nitrogens with one attached hydrogen (secondary N) is 1. The van der Waals surface area contributed by atoms with E-state index in [9.17, 15) is 18.0 Å². The summed E-state index contributed by atoms with van der Waals surface area (Å²) >= 11 is 0. The van der Waals surface area contributed by atoms with Crippen LogP contribution in [0.4, 0.5) is 18.0 Å². The third-order valence-electron chi connectivity index (χ3n) is 4.97. The zero-order valence-corrected chi connectivity index (χ0v) is 14.2. The molecule has 2 amide bonds. The van der Waals surface area contributed by atoms with Crippen LogP contribution in [0.25, 0.3) is 0 Å². The molecule has 2 fully saturated rings. The molecule has 3 rings (SSSR count). The monoisotopic (exact) mass is 355 g/mol. The molecule has 7 heteroatoms. The van der Waals surface area contributed by atoms with E-state index in [1.807, 2.05) is 4.90 Å².